The van der Waals surface area contributed by atoms with Gasteiger partial charge in [0.1, 0.15) is 5.75 Å². The minimum absolute atomic E-state index is 0.237. The normalized spacial score (nSPS) is 21.7. The van der Waals surface area contributed by atoms with E-state index < -0.39 is 5.97 Å². The summed E-state index contributed by atoms with van der Waals surface area (Å²) < 4.78 is 5.19. The smallest absolute Gasteiger partial charge is 0.328 e. The van der Waals surface area contributed by atoms with Gasteiger partial charge in [-0.05, 0) is 37.0 Å². The van der Waals surface area contributed by atoms with E-state index >= 15 is 0 Å². The number of rotatable bonds is 3. The van der Waals surface area contributed by atoms with E-state index in [2.05, 4.69) is 0 Å². The van der Waals surface area contributed by atoms with Gasteiger partial charge in [-0.1, -0.05) is 17.7 Å². The summed E-state index contributed by atoms with van der Waals surface area (Å²) in [4.78, 5) is 10.8. The van der Waals surface area contributed by atoms with Crippen LogP contribution < -0.4 is 4.74 Å². The first-order valence-electron chi connectivity index (χ1n) is 5.78. The van der Waals surface area contributed by atoms with Crippen LogP contribution in [0.3, 0.4) is 0 Å². The maximum Gasteiger partial charge on any atom is 0.328 e. The van der Waals surface area contributed by atoms with Crippen LogP contribution >= 0.6 is 0 Å². The Bertz CT molecular complexity index is 449. The highest BCUT2D eigenvalue weighted by Gasteiger charge is 2.23. The highest BCUT2D eigenvalue weighted by atomic mass is 16.5. The van der Waals surface area contributed by atoms with Crippen LogP contribution in [0, 0.1) is 0 Å². The number of benzene rings is 1. The fourth-order valence-electron chi connectivity index (χ4n) is 2.44. The fourth-order valence-corrected chi connectivity index (χ4v) is 2.44. The molecule has 1 aliphatic carbocycles. The average molecular weight is 232 g/mol. The molecule has 1 aromatic carbocycles. The number of hydrogen-bond acceptors (Lipinski definition) is 2. The highest BCUT2D eigenvalue weighted by Crippen LogP contribution is 2.39. The molecule has 1 aromatic rings. The Labute approximate surface area is 101 Å². The lowest BCUT2D eigenvalue weighted by molar-refractivity contribution is -0.131. The van der Waals surface area contributed by atoms with Crippen LogP contribution in [-0.2, 0) is 4.79 Å². The molecule has 0 amide bonds. The molecule has 1 unspecified atom stereocenters. The molecule has 17 heavy (non-hydrogen) atoms. The molecule has 1 fully saturated rings. The second-order valence-electron chi connectivity index (χ2n) is 4.28. The molecule has 0 bridgehead atoms. The topological polar surface area (TPSA) is 46.5 Å². The van der Waals surface area contributed by atoms with E-state index in [-0.39, 0.29) is 5.92 Å². The predicted molar refractivity (Wildman–Crippen MR) is 65.3 cm³/mol. The quantitative estimate of drug-likeness (QED) is 0.815. The molecule has 1 saturated carbocycles. The number of carboxylic acids is 1. The Morgan fingerprint density at radius 2 is 2.35 bits per heavy atom. The molecule has 0 spiro atoms. The number of carbonyl (C=O) groups is 1. The zero-order chi connectivity index (χ0) is 12.3. The van der Waals surface area contributed by atoms with Gasteiger partial charge in [0.15, 0.2) is 0 Å². The highest BCUT2D eigenvalue weighted by molar-refractivity contribution is 5.81. The summed E-state index contributed by atoms with van der Waals surface area (Å²) in [6, 6.07) is 7.88. The fraction of sp³-hybridized carbons (Fsp3) is 0.357. The minimum atomic E-state index is -0.852. The van der Waals surface area contributed by atoms with Crippen LogP contribution in [0.4, 0.5) is 0 Å². The molecular weight excluding hydrogens is 216 g/mol. The third kappa shape index (κ3) is 2.67. The zero-order valence-electron chi connectivity index (χ0n) is 9.85. The van der Waals surface area contributed by atoms with E-state index in [0.29, 0.717) is 0 Å². The summed E-state index contributed by atoms with van der Waals surface area (Å²) in [5, 5.41) is 8.84. The zero-order valence-corrected chi connectivity index (χ0v) is 9.85. The number of allylic oxidation sites excluding steroid dienone is 1. The monoisotopic (exact) mass is 232 g/mol. The summed E-state index contributed by atoms with van der Waals surface area (Å²) >= 11 is 0. The average Bonchev–Trinajstić information content (AvgIpc) is 2.76. The predicted octanol–water partition coefficient (Wildman–Crippen LogP) is 2.97. The second kappa shape index (κ2) is 5.04. The number of ether oxygens (including phenoxy) is 1. The van der Waals surface area contributed by atoms with Crippen LogP contribution in [0.5, 0.6) is 5.75 Å². The van der Waals surface area contributed by atoms with E-state index in [9.17, 15) is 4.79 Å². The Morgan fingerprint density at radius 3 is 3.06 bits per heavy atom. The minimum Gasteiger partial charge on any atom is -0.497 e. The Balaban J connectivity index is 2.29. The van der Waals surface area contributed by atoms with Crippen LogP contribution in [0.1, 0.15) is 30.7 Å². The largest absolute Gasteiger partial charge is 0.497 e. The number of carboxylic acid groups (broad SMARTS) is 1. The Morgan fingerprint density at radius 1 is 1.53 bits per heavy atom. The maximum absolute atomic E-state index is 10.8. The molecular formula is C14H16O3. The molecule has 0 aliphatic heterocycles. The van der Waals surface area contributed by atoms with Crippen LogP contribution in [0.25, 0.3) is 0 Å². The van der Waals surface area contributed by atoms with Crippen molar-refractivity contribution in [3.8, 4) is 5.75 Å². The first kappa shape index (κ1) is 11.7. The molecule has 1 atom stereocenters. The molecule has 0 saturated heterocycles. The lowest BCUT2D eigenvalue weighted by Gasteiger charge is -2.13. The first-order valence-corrected chi connectivity index (χ1v) is 5.78. The second-order valence-corrected chi connectivity index (χ2v) is 4.28. The molecule has 0 aromatic heterocycles. The van der Waals surface area contributed by atoms with Gasteiger partial charge >= 0.3 is 5.97 Å². The number of methoxy groups -OCH3 is 1. The molecule has 1 aliphatic rings. The third-order valence-corrected chi connectivity index (χ3v) is 3.21. The van der Waals surface area contributed by atoms with Gasteiger partial charge in [0.25, 0.3) is 0 Å². The van der Waals surface area contributed by atoms with Crippen molar-refractivity contribution in [3.05, 3.63) is 41.5 Å². The van der Waals surface area contributed by atoms with Gasteiger partial charge in [0, 0.05) is 12.0 Å². The Hall–Kier alpha value is -1.77. The van der Waals surface area contributed by atoms with Crippen molar-refractivity contribution in [2.45, 2.75) is 25.2 Å². The Kier molecular flexibility index (Phi) is 3.47. The van der Waals surface area contributed by atoms with Gasteiger partial charge in [-0.2, -0.15) is 0 Å². The maximum atomic E-state index is 10.8. The van der Waals surface area contributed by atoms with E-state index in [4.69, 9.17) is 9.84 Å². The lowest BCUT2D eigenvalue weighted by Crippen LogP contribution is -1.99. The van der Waals surface area contributed by atoms with Crippen molar-refractivity contribution in [2.24, 2.45) is 0 Å². The van der Waals surface area contributed by atoms with Crippen molar-refractivity contribution in [1.29, 1.82) is 0 Å². The van der Waals surface area contributed by atoms with Crippen molar-refractivity contribution in [3.63, 3.8) is 0 Å². The van der Waals surface area contributed by atoms with E-state index in [0.717, 1.165) is 36.1 Å². The van der Waals surface area contributed by atoms with Crippen molar-refractivity contribution >= 4 is 5.97 Å². The van der Waals surface area contributed by atoms with Crippen LogP contribution in [0.2, 0.25) is 0 Å². The van der Waals surface area contributed by atoms with Gasteiger partial charge < -0.3 is 9.84 Å². The van der Waals surface area contributed by atoms with Gasteiger partial charge in [0.2, 0.25) is 0 Å². The van der Waals surface area contributed by atoms with E-state index in [1.54, 1.807) is 7.11 Å². The standard InChI is InChI=1S/C14H16O3/c1-17-12-6-2-4-10(8-12)13-7-3-5-11(13)9-14(15)16/h2,4,6,8-9,13H,3,5,7H2,1H3,(H,15,16). The van der Waals surface area contributed by atoms with Gasteiger partial charge in [-0.3, -0.25) is 0 Å². The third-order valence-electron chi connectivity index (χ3n) is 3.21. The van der Waals surface area contributed by atoms with Crippen molar-refractivity contribution in [1.82, 2.24) is 0 Å². The molecule has 1 N–H and O–H groups in total. The molecule has 3 heteroatoms. The summed E-state index contributed by atoms with van der Waals surface area (Å²) in [5.74, 6) is 0.208. The molecule has 90 valence electrons. The van der Waals surface area contributed by atoms with Crippen LogP contribution in [-0.4, -0.2) is 18.2 Å². The van der Waals surface area contributed by atoms with Gasteiger partial charge in [0.05, 0.1) is 7.11 Å². The van der Waals surface area contributed by atoms with Crippen LogP contribution in [0.15, 0.2) is 35.9 Å². The molecule has 0 heterocycles. The number of hydrogen-bond donors (Lipinski definition) is 1. The van der Waals surface area contributed by atoms with E-state index in [1.807, 2.05) is 24.3 Å². The summed E-state index contributed by atoms with van der Waals surface area (Å²) in [6.45, 7) is 0. The summed E-state index contributed by atoms with van der Waals surface area (Å²) in [7, 11) is 1.64. The van der Waals surface area contributed by atoms with Crippen molar-refractivity contribution < 1.29 is 14.6 Å². The van der Waals surface area contributed by atoms with Gasteiger partial charge in [-0.25, -0.2) is 4.79 Å². The molecule has 2 rings (SSSR count). The van der Waals surface area contributed by atoms with Gasteiger partial charge in [-0.15, -0.1) is 0 Å². The summed E-state index contributed by atoms with van der Waals surface area (Å²) in [5.41, 5.74) is 2.17. The number of aliphatic carboxylic acids is 1. The first-order chi connectivity index (χ1) is 8.20. The summed E-state index contributed by atoms with van der Waals surface area (Å²) in [6.07, 6.45) is 4.32. The molecule has 0 radical (unpaired) electrons. The lowest BCUT2D eigenvalue weighted by atomic mass is 9.93. The molecule has 3 nitrogen and oxygen atoms in total. The van der Waals surface area contributed by atoms with E-state index in [1.165, 1.54) is 6.08 Å². The SMILES string of the molecule is COc1cccc(C2CCCC2=CC(=O)O)c1. The van der Waals surface area contributed by atoms with Crippen molar-refractivity contribution in [2.75, 3.05) is 7.11 Å².